The number of aromatic nitrogens is 4. The highest BCUT2D eigenvalue weighted by Gasteiger charge is 2.53. The van der Waals surface area contributed by atoms with Crippen molar-refractivity contribution in [1.82, 2.24) is 19.5 Å². The lowest BCUT2D eigenvalue weighted by atomic mass is 9.96. The van der Waals surface area contributed by atoms with Crippen LogP contribution in [0.5, 0.6) is 5.88 Å². The lowest BCUT2D eigenvalue weighted by molar-refractivity contribution is -0.0950. The first kappa shape index (κ1) is 14.9. The van der Waals surface area contributed by atoms with Gasteiger partial charge >= 0.3 is 0 Å². The second-order valence-corrected chi connectivity index (χ2v) is 5.30. The van der Waals surface area contributed by atoms with E-state index < -0.39 is 30.6 Å². The normalized spacial score (nSPS) is 31.8. The monoisotopic (exact) mass is 311 g/mol. The zero-order chi connectivity index (χ0) is 16.1. The van der Waals surface area contributed by atoms with Crippen molar-refractivity contribution < 1.29 is 24.8 Å². The minimum absolute atomic E-state index is 0.0250. The Morgan fingerprint density at radius 2 is 2.23 bits per heavy atom. The van der Waals surface area contributed by atoms with Gasteiger partial charge in [-0.15, -0.1) is 0 Å². The van der Waals surface area contributed by atoms with E-state index in [4.69, 9.17) is 15.2 Å². The van der Waals surface area contributed by atoms with Crippen molar-refractivity contribution in [2.45, 2.75) is 31.0 Å². The van der Waals surface area contributed by atoms with Crippen molar-refractivity contribution in [2.75, 3.05) is 19.5 Å². The first-order valence-corrected chi connectivity index (χ1v) is 6.61. The third-order valence-corrected chi connectivity index (χ3v) is 3.79. The predicted octanol–water partition coefficient (Wildman–Crippen LogP) is -1.58. The molecule has 0 aliphatic carbocycles. The van der Waals surface area contributed by atoms with E-state index in [1.54, 1.807) is 0 Å². The molecule has 3 heterocycles. The topological polar surface area (TPSA) is 149 Å². The number of anilines is 1. The zero-order valence-electron chi connectivity index (χ0n) is 12.0. The molecule has 1 unspecified atom stereocenters. The molecule has 4 atom stereocenters. The molecule has 0 spiro atoms. The number of ether oxygens (including phenoxy) is 2. The number of imidazole rings is 1. The molecule has 3 rings (SSSR count). The Morgan fingerprint density at radius 1 is 1.50 bits per heavy atom. The van der Waals surface area contributed by atoms with Crippen molar-refractivity contribution >= 4 is 17.1 Å². The van der Waals surface area contributed by atoms with Gasteiger partial charge in [-0.3, -0.25) is 4.57 Å². The van der Waals surface area contributed by atoms with Gasteiger partial charge in [-0.25, -0.2) is 4.98 Å². The van der Waals surface area contributed by atoms with E-state index >= 15 is 0 Å². The van der Waals surface area contributed by atoms with Gasteiger partial charge in [0.25, 0.3) is 0 Å². The molecule has 0 aromatic carbocycles. The predicted molar refractivity (Wildman–Crippen MR) is 73.9 cm³/mol. The summed E-state index contributed by atoms with van der Waals surface area (Å²) in [6.07, 6.45) is -1.80. The largest absolute Gasteiger partial charge is 0.479 e. The van der Waals surface area contributed by atoms with Crippen LogP contribution in [0, 0.1) is 0 Å². The molecule has 1 aliphatic heterocycles. The van der Waals surface area contributed by atoms with Crippen LogP contribution in [0.4, 0.5) is 5.95 Å². The third kappa shape index (κ3) is 2.00. The summed E-state index contributed by atoms with van der Waals surface area (Å²) in [7, 11) is 1.42. The smallest absolute Gasteiger partial charge is 0.246 e. The number of nitrogens with zero attached hydrogens (tertiary/aromatic N) is 4. The SMILES string of the molecule is COc1nc(N)nc2c1ncn2[C@@H]1O[C@H](CO)[C@H](O)C1(C)O. The van der Waals surface area contributed by atoms with Crippen LogP contribution in [-0.2, 0) is 4.74 Å². The molecule has 0 saturated carbocycles. The van der Waals surface area contributed by atoms with Crippen LogP contribution < -0.4 is 10.5 Å². The summed E-state index contributed by atoms with van der Waals surface area (Å²) >= 11 is 0. The molecule has 1 saturated heterocycles. The summed E-state index contributed by atoms with van der Waals surface area (Å²) in [4.78, 5) is 12.1. The van der Waals surface area contributed by atoms with Crippen molar-refractivity contribution in [2.24, 2.45) is 0 Å². The molecule has 5 N–H and O–H groups in total. The number of nitrogen functional groups attached to an aromatic ring is 1. The van der Waals surface area contributed by atoms with Crippen molar-refractivity contribution in [1.29, 1.82) is 0 Å². The number of hydrogen-bond donors (Lipinski definition) is 4. The molecule has 10 heteroatoms. The molecule has 1 fully saturated rings. The Labute approximate surface area is 125 Å². The van der Waals surface area contributed by atoms with E-state index in [0.717, 1.165) is 0 Å². The van der Waals surface area contributed by atoms with Crippen molar-refractivity contribution in [3.8, 4) is 5.88 Å². The van der Waals surface area contributed by atoms with E-state index in [2.05, 4.69) is 15.0 Å². The number of fused-ring (bicyclic) bond motifs is 1. The molecule has 2 aromatic rings. The number of methoxy groups -OCH3 is 1. The highest BCUT2D eigenvalue weighted by molar-refractivity contribution is 5.77. The van der Waals surface area contributed by atoms with Crippen LogP contribution in [0.2, 0.25) is 0 Å². The molecule has 2 aromatic heterocycles. The molecule has 1 aliphatic rings. The maximum atomic E-state index is 10.5. The van der Waals surface area contributed by atoms with Gasteiger partial charge in [0, 0.05) is 0 Å². The van der Waals surface area contributed by atoms with Gasteiger partial charge in [0.1, 0.15) is 17.8 Å². The number of aliphatic hydroxyl groups is 3. The van der Waals surface area contributed by atoms with Crippen LogP contribution in [0.15, 0.2) is 6.33 Å². The van der Waals surface area contributed by atoms with Crippen LogP contribution >= 0.6 is 0 Å². The summed E-state index contributed by atoms with van der Waals surface area (Å²) in [6, 6.07) is 0. The minimum atomic E-state index is -1.64. The Balaban J connectivity index is 2.13. The van der Waals surface area contributed by atoms with E-state index in [1.807, 2.05) is 0 Å². The summed E-state index contributed by atoms with van der Waals surface area (Å²) in [5.74, 6) is 0.168. The second kappa shape index (κ2) is 5.02. The van der Waals surface area contributed by atoms with Gasteiger partial charge in [-0.2, -0.15) is 9.97 Å². The Kier molecular flexibility index (Phi) is 3.40. The molecule has 10 nitrogen and oxygen atoms in total. The van der Waals surface area contributed by atoms with E-state index in [9.17, 15) is 15.3 Å². The van der Waals surface area contributed by atoms with Gasteiger partial charge in [-0.05, 0) is 6.92 Å². The summed E-state index contributed by atoms with van der Waals surface area (Å²) < 4.78 is 12.1. The maximum Gasteiger partial charge on any atom is 0.246 e. The summed E-state index contributed by atoms with van der Waals surface area (Å²) in [6.45, 7) is 0.979. The number of nitrogens with two attached hydrogens (primary N) is 1. The highest BCUT2D eigenvalue weighted by Crippen LogP contribution is 2.39. The lowest BCUT2D eigenvalue weighted by Gasteiger charge is -2.27. The molecule has 0 amide bonds. The highest BCUT2D eigenvalue weighted by atomic mass is 16.6. The fourth-order valence-electron chi connectivity index (χ4n) is 2.61. The fraction of sp³-hybridized carbons (Fsp3) is 0.583. The van der Waals surface area contributed by atoms with E-state index in [1.165, 1.54) is 24.9 Å². The van der Waals surface area contributed by atoms with Crippen LogP contribution in [-0.4, -0.2) is 66.4 Å². The first-order chi connectivity index (χ1) is 10.4. The zero-order valence-corrected chi connectivity index (χ0v) is 12.0. The van der Waals surface area contributed by atoms with Crippen LogP contribution in [0.1, 0.15) is 13.2 Å². The second-order valence-electron chi connectivity index (χ2n) is 5.30. The van der Waals surface area contributed by atoms with Crippen molar-refractivity contribution in [3.63, 3.8) is 0 Å². The first-order valence-electron chi connectivity index (χ1n) is 6.61. The summed E-state index contributed by atoms with van der Waals surface area (Å²) in [5, 5.41) is 29.8. The average Bonchev–Trinajstić information content (AvgIpc) is 2.98. The number of aliphatic hydroxyl groups excluding tert-OH is 2. The third-order valence-electron chi connectivity index (χ3n) is 3.79. The van der Waals surface area contributed by atoms with Crippen molar-refractivity contribution in [3.05, 3.63) is 6.33 Å². The average molecular weight is 311 g/mol. The number of hydrogen-bond acceptors (Lipinski definition) is 9. The van der Waals surface area contributed by atoms with E-state index in [-0.39, 0.29) is 11.8 Å². The summed E-state index contributed by atoms with van der Waals surface area (Å²) in [5.41, 5.74) is 4.63. The Morgan fingerprint density at radius 3 is 2.82 bits per heavy atom. The molecule has 0 radical (unpaired) electrons. The fourth-order valence-corrected chi connectivity index (χ4v) is 2.61. The minimum Gasteiger partial charge on any atom is -0.479 e. The lowest BCUT2D eigenvalue weighted by Crippen LogP contribution is -2.44. The molecule has 0 bridgehead atoms. The maximum absolute atomic E-state index is 10.5. The molecular weight excluding hydrogens is 294 g/mol. The Bertz CT molecular complexity index is 703. The standard InChI is InChI=1S/C12H17N5O5/c1-12(20)7(19)5(3-18)22-10(12)17-4-14-6-8(17)15-11(13)16-9(6)21-2/h4-5,7,10,18-20H,3H2,1-2H3,(H2,13,15,16)/t5-,7+,10-,12?/m1/s1. The Hall–Kier alpha value is -2.01. The van der Waals surface area contributed by atoms with Crippen LogP contribution in [0.3, 0.4) is 0 Å². The number of rotatable bonds is 3. The van der Waals surface area contributed by atoms with Gasteiger partial charge < -0.3 is 30.5 Å². The van der Waals surface area contributed by atoms with Crippen LogP contribution in [0.25, 0.3) is 11.2 Å². The van der Waals surface area contributed by atoms with Gasteiger partial charge in [0.15, 0.2) is 17.4 Å². The van der Waals surface area contributed by atoms with Gasteiger partial charge in [0.2, 0.25) is 11.8 Å². The molecule has 22 heavy (non-hydrogen) atoms. The van der Waals surface area contributed by atoms with E-state index in [0.29, 0.717) is 11.2 Å². The quantitative estimate of drug-likeness (QED) is 0.526. The molecular formula is C12H17N5O5. The van der Waals surface area contributed by atoms with Gasteiger partial charge in [-0.1, -0.05) is 0 Å². The molecule has 120 valence electrons. The van der Waals surface area contributed by atoms with Gasteiger partial charge in [0.05, 0.1) is 20.0 Å².